The van der Waals surface area contributed by atoms with E-state index in [0.717, 1.165) is 5.56 Å². The van der Waals surface area contributed by atoms with Crippen molar-refractivity contribution in [3.05, 3.63) is 53.0 Å². The summed E-state index contributed by atoms with van der Waals surface area (Å²) in [5, 5.41) is 7.79. The van der Waals surface area contributed by atoms with Gasteiger partial charge in [-0.15, -0.1) is 0 Å². The van der Waals surface area contributed by atoms with Gasteiger partial charge in [0.2, 0.25) is 10.0 Å². The van der Waals surface area contributed by atoms with E-state index >= 15 is 0 Å². The molecule has 0 unspecified atom stereocenters. The number of aromatic nitrogens is 3. The van der Waals surface area contributed by atoms with Crippen LogP contribution in [0, 0.1) is 6.92 Å². The molecule has 1 heterocycles. The summed E-state index contributed by atoms with van der Waals surface area (Å²) in [4.78, 5) is 4.09. The molecule has 0 aliphatic rings. The summed E-state index contributed by atoms with van der Waals surface area (Å²) in [6, 6.07) is 9.26. The van der Waals surface area contributed by atoms with Crippen LogP contribution in [-0.2, 0) is 16.6 Å². The van der Waals surface area contributed by atoms with Crippen molar-refractivity contribution in [2.45, 2.75) is 13.5 Å². The maximum Gasteiger partial charge on any atom is 0.236 e. The fraction of sp³-hybridized carbons (Fsp3) is 0.231. The molecule has 0 fully saturated rings. The summed E-state index contributed by atoms with van der Waals surface area (Å²) in [6.45, 7) is 1.89. The van der Waals surface area contributed by atoms with Crippen LogP contribution in [0.4, 0.5) is 0 Å². The molecule has 0 saturated carbocycles. The lowest BCUT2D eigenvalue weighted by molar-refractivity contribution is 0.465. The maximum absolute atomic E-state index is 12.1. The molecule has 106 valence electrons. The van der Waals surface area contributed by atoms with Crippen molar-refractivity contribution in [1.29, 1.82) is 0 Å². The molecule has 0 amide bonds. The first-order chi connectivity index (χ1) is 9.47. The van der Waals surface area contributed by atoms with Crippen LogP contribution in [0.3, 0.4) is 0 Å². The lowest BCUT2D eigenvalue weighted by Crippen LogP contribution is -2.24. The molecule has 0 bridgehead atoms. The molecule has 0 aliphatic carbocycles. The molecule has 0 saturated heterocycles. The normalized spacial score (nSPS) is 12.3. The van der Waals surface area contributed by atoms with E-state index in [2.05, 4.69) is 15.2 Å². The van der Waals surface area contributed by atoms with Crippen molar-refractivity contribution in [2.24, 2.45) is 0 Å². The van der Waals surface area contributed by atoms with Gasteiger partial charge in [-0.25, -0.2) is 13.4 Å². The Kier molecular flexibility index (Phi) is 4.31. The van der Waals surface area contributed by atoms with Gasteiger partial charge in [-0.3, -0.25) is 5.10 Å². The van der Waals surface area contributed by atoms with Crippen LogP contribution in [0.25, 0.3) is 6.08 Å². The zero-order valence-corrected chi connectivity index (χ0v) is 12.1. The lowest BCUT2D eigenvalue weighted by atomic mass is 10.2. The van der Waals surface area contributed by atoms with E-state index in [1.165, 1.54) is 16.8 Å². The number of rotatable bonds is 5. The van der Waals surface area contributed by atoms with Gasteiger partial charge in [0, 0.05) is 12.5 Å². The first kappa shape index (κ1) is 14.4. The lowest BCUT2D eigenvalue weighted by Gasteiger charge is -2.11. The highest BCUT2D eigenvalue weighted by Crippen LogP contribution is 2.08. The van der Waals surface area contributed by atoms with Gasteiger partial charge < -0.3 is 0 Å². The molecule has 0 aliphatic heterocycles. The highest BCUT2D eigenvalue weighted by molar-refractivity contribution is 7.92. The standard InChI is InChI=1S/C13H16N4O2S/c1-11-14-13(16-15-11)10-17(2)20(18,19)9-8-12-6-4-3-5-7-12/h3-9H,10H2,1-2H3,(H,14,15,16). The first-order valence-electron chi connectivity index (χ1n) is 6.05. The van der Waals surface area contributed by atoms with E-state index in [0.29, 0.717) is 11.6 Å². The largest absolute Gasteiger partial charge is 0.263 e. The highest BCUT2D eigenvalue weighted by Gasteiger charge is 2.16. The third kappa shape index (κ3) is 3.75. The molecule has 7 heteroatoms. The second kappa shape index (κ2) is 5.98. The summed E-state index contributed by atoms with van der Waals surface area (Å²) >= 11 is 0. The van der Waals surface area contributed by atoms with Crippen LogP contribution in [0.15, 0.2) is 35.7 Å². The predicted octanol–water partition coefficient (Wildman–Crippen LogP) is 1.55. The third-order valence-corrected chi connectivity index (χ3v) is 4.15. The summed E-state index contributed by atoms with van der Waals surface area (Å²) in [7, 11) is -1.99. The van der Waals surface area contributed by atoms with Crippen LogP contribution in [-0.4, -0.2) is 35.0 Å². The quantitative estimate of drug-likeness (QED) is 0.906. The predicted molar refractivity (Wildman–Crippen MR) is 77.0 cm³/mol. The van der Waals surface area contributed by atoms with Crippen LogP contribution < -0.4 is 0 Å². The minimum Gasteiger partial charge on any atom is -0.263 e. The fourth-order valence-electron chi connectivity index (χ4n) is 1.58. The summed E-state index contributed by atoms with van der Waals surface area (Å²) in [5.41, 5.74) is 0.832. The number of nitrogens with one attached hydrogen (secondary N) is 1. The van der Waals surface area contributed by atoms with E-state index in [9.17, 15) is 8.42 Å². The number of benzene rings is 1. The van der Waals surface area contributed by atoms with Crippen LogP contribution in [0.2, 0.25) is 0 Å². The number of sulfonamides is 1. The van der Waals surface area contributed by atoms with Crippen LogP contribution >= 0.6 is 0 Å². The summed E-state index contributed by atoms with van der Waals surface area (Å²) in [5.74, 6) is 1.10. The zero-order valence-electron chi connectivity index (χ0n) is 11.3. The molecule has 20 heavy (non-hydrogen) atoms. The molecule has 0 atom stereocenters. The van der Waals surface area contributed by atoms with E-state index in [4.69, 9.17) is 0 Å². The average molecular weight is 292 g/mol. The highest BCUT2D eigenvalue weighted by atomic mass is 32.2. The van der Waals surface area contributed by atoms with Gasteiger partial charge in [-0.1, -0.05) is 30.3 Å². The monoisotopic (exact) mass is 292 g/mol. The third-order valence-electron chi connectivity index (χ3n) is 2.67. The number of aromatic amines is 1. The Labute approximate surface area is 118 Å². The smallest absolute Gasteiger partial charge is 0.236 e. The summed E-state index contributed by atoms with van der Waals surface area (Å²) in [6.07, 6.45) is 1.56. The Morgan fingerprint density at radius 2 is 2.00 bits per heavy atom. The van der Waals surface area contributed by atoms with Gasteiger partial charge in [0.25, 0.3) is 0 Å². The molecule has 6 nitrogen and oxygen atoms in total. The molecule has 2 rings (SSSR count). The van der Waals surface area contributed by atoms with Gasteiger partial charge >= 0.3 is 0 Å². The molecular formula is C13H16N4O2S. The number of H-pyrrole nitrogens is 1. The Morgan fingerprint density at radius 1 is 1.30 bits per heavy atom. The van der Waals surface area contributed by atoms with Crippen molar-refractivity contribution < 1.29 is 8.42 Å². The van der Waals surface area contributed by atoms with Gasteiger partial charge in [-0.05, 0) is 18.6 Å². The van der Waals surface area contributed by atoms with Crippen LogP contribution in [0.5, 0.6) is 0 Å². The van der Waals surface area contributed by atoms with Gasteiger partial charge in [0.05, 0.1) is 6.54 Å². The summed E-state index contributed by atoms with van der Waals surface area (Å²) < 4.78 is 25.4. The second-order valence-corrected chi connectivity index (χ2v) is 6.28. The minimum absolute atomic E-state index is 0.131. The van der Waals surface area contributed by atoms with Gasteiger partial charge in [0.15, 0.2) is 5.82 Å². The number of hydrogen-bond acceptors (Lipinski definition) is 4. The van der Waals surface area contributed by atoms with Crippen molar-refractivity contribution >= 4 is 16.1 Å². The molecule has 1 aromatic carbocycles. The number of aryl methyl sites for hydroxylation is 1. The van der Waals surface area contributed by atoms with Crippen molar-refractivity contribution in [2.75, 3.05) is 7.05 Å². The second-order valence-electron chi connectivity index (χ2n) is 4.35. The topological polar surface area (TPSA) is 79.0 Å². The molecule has 0 radical (unpaired) electrons. The molecule has 1 N–H and O–H groups in total. The fourth-order valence-corrected chi connectivity index (χ4v) is 2.41. The maximum atomic E-state index is 12.1. The number of hydrogen-bond donors (Lipinski definition) is 1. The minimum atomic E-state index is -3.49. The molecule has 2 aromatic rings. The van der Waals surface area contributed by atoms with Crippen molar-refractivity contribution in [3.8, 4) is 0 Å². The zero-order chi connectivity index (χ0) is 14.6. The Balaban J connectivity index is 2.08. The molecule has 0 spiro atoms. The van der Waals surface area contributed by atoms with E-state index < -0.39 is 10.0 Å². The van der Waals surface area contributed by atoms with Gasteiger partial charge in [0.1, 0.15) is 5.82 Å². The average Bonchev–Trinajstić information content (AvgIpc) is 2.83. The van der Waals surface area contributed by atoms with E-state index in [-0.39, 0.29) is 6.54 Å². The van der Waals surface area contributed by atoms with Gasteiger partial charge in [-0.2, -0.15) is 9.40 Å². The van der Waals surface area contributed by atoms with Crippen LogP contribution in [0.1, 0.15) is 17.2 Å². The van der Waals surface area contributed by atoms with Crippen molar-refractivity contribution in [1.82, 2.24) is 19.5 Å². The van der Waals surface area contributed by atoms with Crippen molar-refractivity contribution in [3.63, 3.8) is 0 Å². The Morgan fingerprint density at radius 3 is 2.60 bits per heavy atom. The van der Waals surface area contributed by atoms with E-state index in [1.54, 1.807) is 13.0 Å². The molecular weight excluding hydrogens is 276 g/mol. The SMILES string of the molecule is Cc1nc(CN(C)S(=O)(=O)C=Cc2ccccc2)n[nH]1. The van der Waals surface area contributed by atoms with E-state index in [1.807, 2.05) is 30.3 Å². The first-order valence-corrected chi connectivity index (χ1v) is 7.55. The molecule has 1 aromatic heterocycles. The number of nitrogens with zero attached hydrogens (tertiary/aromatic N) is 3. The Bertz CT molecular complexity index is 692. The Hall–Kier alpha value is -1.99.